The second kappa shape index (κ2) is 9.46. The molecule has 1 aliphatic rings. The smallest absolute Gasteiger partial charge is 0.264 e. The van der Waals surface area contributed by atoms with Gasteiger partial charge in [-0.3, -0.25) is 9.10 Å². The van der Waals surface area contributed by atoms with Crippen molar-refractivity contribution in [2.45, 2.75) is 43.5 Å². The average molecular weight is 485 g/mol. The van der Waals surface area contributed by atoms with E-state index in [2.05, 4.69) is 15.5 Å². The van der Waals surface area contributed by atoms with Gasteiger partial charge in [0, 0.05) is 18.5 Å². The van der Waals surface area contributed by atoms with Crippen LogP contribution in [0.15, 0.2) is 57.9 Å². The Kier molecular flexibility index (Phi) is 6.60. The van der Waals surface area contributed by atoms with Crippen molar-refractivity contribution in [2.24, 2.45) is 5.92 Å². The normalized spacial score (nSPS) is 14.6. The summed E-state index contributed by atoms with van der Waals surface area (Å²) in [6.45, 7) is 3.88. The first kappa shape index (κ1) is 23.7. The predicted molar refractivity (Wildman–Crippen MR) is 126 cm³/mol. The fourth-order valence-corrected chi connectivity index (χ4v) is 4.75. The second-order valence-electron chi connectivity index (χ2n) is 8.66. The SMILES string of the molecule is COc1ccc(N(C)S(=O)(=O)c2cccc(C(=O)NC(c3nc(C4CC4)no3)C(C)C)c2)cc1. The number of hydrogen-bond acceptors (Lipinski definition) is 7. The molecule has 34 heavy (non-hydrogen) atoms. The van der Waals surface area contributed by atoms with Gasteiger partial charge in [0.05, 0.1) is 17.7 Å². The van der Waals surface area contributed by atoms with E-state index in [0.29, 0.717) is 29.1 Å². The van der Waals surface area contributed by atoms with Crippen LogP contribution in [0, 0.1) is 5.92 Å². The molecule has 1 unspecified atom stereocenters. The number of nitrogens with zero attached hydrogens (tertiary/aromatic N) is 3. The Morgan fingerprint density at radius 3 is 2.50 bits per heavy atom. The number of ether oxygens (including phenoxy) is 1. The lowest BCUT2D eigenvalue weighted by Gasteiger charge is -2.21. The molecule has 3 aromatic rings. The van der Waals surface area contributed by atoms with Crippen LogP contribution in [0.5, 0.6) is 5.75 Å². The minimum atomic E-state index is -3.89. The van der Waals surface area contributed by atoms with Crippen LogP contribution in [0.4, 0.5) is 5.69 Å². The number of amides is 1. The predicted octanol–water partition coefficient (Wildman–Crippen LogP) is 3.91. The highest BCUT2D eigenvalue weighted by Gasteiger charge is 2.32. The van der Waals surface area contributed by atoms with Crippen LogP contribution in [-0.4, -0.2) is 38.6 Å². The molecular formula is C24H28N4O5S. The lowest BCUT2D eigenvalue weighted by atomic mass is 10.0. The Morgan fingerprint density at radius 1 is 1.18 bits per heavy atom. The first-order valence-corrected chi connectivity index (χ1v) is 12.5. The summed E-state index contributed by atoms with van der Waals surface area (Å²) in [6.07, 6.45) is 2.09. The number of rotatable bonds is 9. The van der Waals surface area contributed by atoms with Gasteiger partial charge in [-0.25, -0.2) is 8.42 Å². The van der Waals surface area contributed by atoms with Crippen LogP contribution >= 0.6 is 0 Å². The number of sulfonamides is 1. The molecule has 2 aromatic carbocycles. The minimum absolute atomic E-state index is 0.00775. The Hall–Kier alpha value is -3.40. The van der Waals surface area contributed by atoms with E-state index in [1.54, 1.807) is 43.5 Å². The lowest BCUT2D eigenvalue weighted by molar-refractivity contribution is 0.0913. The van der Waals surface area contributed by atoms with Crippen molar-refractivity contribution < 1.29 is 22.5 Å². The van der Waals surface area contributed by atoms with Gasteiger partial charge in [-0.05, 0) is 61.2 Å². The molecule has 0 saturated heterocycles. The largest absolute Gasteiger partial charge is 0.497 e. The fraction of sp³-hybridized carbons (Fsp3) is 0.375. The summed E-state index contributed by atoms with van der Waals surface area (Å²) in [5, 5.41) is 6.95. The van der Waals surface area contributed by atoms with Gasteiger partial charge in [-0.1, -0.05) is 25.1 Å². The van der Waals surface area contributed by atoms with Gasteiger partial charge in [0.15, 0.2) is 5.82 Å². The zero-order chi connectivity index (χ0) is 24.5. The molecule has 1 aromatic heterocycles. The highest BCUT2D eigenvalue weighted by molar-refractivity contribution is 7.92. The number of benzene rings is 2. The fourth-order valence-electron chi connectivity index (χ4n) is 3.51. The van der Waals surface area contributed by atoms with E-state index in [-0.39, 0.29) is 16.4 Å². The molecule has 0 bridgehead atoms. The standard InChI is InChI=1S/C24H28N4O5S/c1-15(2)21(24-26-22(27-33-24)16-8-9-16)25-23(29)17-6-5-7-20(14-17)34(30,31)28(3)18-10-12-19(32-4)13-11-18/h5-7,10-16,21H,8-9H2,1-4H3,(H,25,29). The Morgan fingerprint density at radius 2 is 1.88 bits per heavy atom. The third kappa shape index (κ3) is 4.91. The molecule has 4 rings (SSSR count). The number of carbonyl (C=O) groups is 1. The van der Waals surface area contributed by atoms with Crippen LogP contribution < -0.4 is 14.4 Å². The van der Waals surface area contributed by atoms with Gasteiger partial charge in [-0.2, -0.15) is 4.98 Å². The number of anilines is 1. The Balaban J connectivity index is 1.54. The molecule has 1 heterocycles. The number of methoxy groups -OCH3 is 1. The summed E-state index contributed by atoms with van der Waals surface area (Å²) in [5.74, 6) is 1.56. The monoisotopic (exact) mass is 484 g/mol. The van der Waals surface area contributed by atoms with E-state index in [4.69, 9.17) is 9.26 Å². The van der Waals surface area contributed by atoms with Crippen molar-refractivity contribution in [1.29, 1.82) is 0 Å². The molecule has 0 radical (unpaired) electrons. The van der Waals surface area contributed by atoms with Crippen molar-refractivity contribution in [2.75, 3.05) is 18.5 Å². The zero-order valence-corrected chi connectivity index (χ0v) is 20.4. The van der Waals surface area contributed by atoms with Gasteiger partial charge in [-0.15, -0.1) is 0 Å². The first-order valence-electron chi connectivity index (χ1n) is 11.1. The van der Waals surface area contributed by atoms with E-state index >= 15 is 0 Å². The number of hydrogen-bond donors (Lipinski definition) is 1. The van der Waals surface area contributed by atoms with E-state index in [0.717, 1.165) is 17.1 Å². The van der Waals surface area contributed by atoms with Gasteiger partial charge >= 0.3 is 0 Å². The van der Waals surface area contributed by atoms with Gasteiger partial charge in [0.25, 0.3) is 15.9 Å². The molecule has 1 saturated carbocycles. The maximum atomic E-state index is 13.2. The molecule has 1 aliphatic carbocycles. The molecule has 1 atom stereocenters. The van der Waals surface area contributed by atoms with Crippen LogP contribution in [0.1, 0.15) is 60.7 Å². The maximum absolute atomic E-state index is 13.2. The maximum Gasteiger partial charge on any atom is 0.264 e. The summed E-state index contributed by atoms with van der Waals surface area (Å²) >= 11 is 0. The van der Waals surface area contributed by atoms with Crippen molar-refractivity contribution in [1.82, 2.24) is 15.5 Å². The van der Waals surface area contributed by atoms with E-state index in [1.165, 1.54) is 19.2 Å². The number of aromatic nitrogens is 2. The summed E-state index contributed by atoms with van der Waals surface area (Å²) < 4.78 is 38.1. The van der Waals surface area contributed by atoms with Crippen LogP contribution in [0.3, 0.4) is 0 Å². The zero-order valence-electron chi connectivity index (χ0n) is 19.6. The molecule has 1 N–H and O–H groups in total. The van der Waals surface area contributed by atoms with Crippen molar-refractivity contribution in [3.05, 3.63) is 65.8 Å². The lowest BCUT2D eigenvalue weighted by Crippen LogP contribution is -2.32. The van der Waals surface area contributed by atoms with Crippen LogP contribution in [-0.2, 0) is 10.0 Å². The van der Waals surface area contributed by atoms with Gasteiger partial charge in [0.2, 0.25) is 5.89 Å². The quantitative estimate of drug-likeness (QED) is 0.490. The summed E-state index contributed by atoms with van der Waals surface area (Å²) in [4.78, 5) is 17.5. The third-order valence-corrected chi connectivity index (χ3v) is 7.59. The first-order chi connectivity index (χ1) is 16.2. The van der Waals surface area contributed by atoms with Crippen molar-refractivity contribution >= 4 is 21.6 Å². The molecule has 0 aliphatic heterocycles. The molecule has 0 spiro atoms. The summed E-state index contributed by atoms with van der Waals surface area (Å²) in [6, 6.07) is 12.1. The van der Waals surface area contributed by atoms with Gasteiger partial charge in [0.1, 0.15) is 11.8 Å². The van der Waals surface area contributed by atoms with E-state index in [9.17, 15) is 13.2 Å². The minimum Gasteiger partial charge on any atom is -0.497 e. The Labute approximate surface area is 199 Å². The highest BCUT2D eigenvalue weighted by atomic mass is 32.2. The Bertz CT molecular complexity index is 1270. The number of carbonyl (C=O) groups excluding carboxylic acids is 1. The molecule has 10 heteroatoms. The van der Waals surface area contributed by atoms with Crippen LogP contribution in [0.25, 0.3) is 0 Å². The van der Waals surface area contributed by atoms with Gasteiger partial charge < -0.3 is 14.6 Å². The molecule has 1 amide bonds. The summed E-state index contributed by atoms with van der Waals surface area (Å²) in [7, 11) is -0.886. The molecule has 1 fully saturated rings. The average Bonchev–Trinajstić information content (AvgIpc) is 3.58. The summed E-state index contributed by atoms with van der Waals surface area (Å²) in [5.41, 5.74) is 0.690. The van der Waals surface area contributed by atoms with E-state index in [1.807, 2.05) is 13.8 Å². The second-order valence-corrected chi connectivity index (χ2v) is 10.6. The van der Waals surface area contributed by atoms with Crippen molar-refractivity contribution in [3.8, 4) is 5.75 Å². The number of nitrogens with one attached hydrogen (secondary N) is 1. The highest BCUT2D eigenvalue weighted by Crippen LogP contribution is 2.38. The third-order valence-electron chi connectivity index (χ3n) is 5.81. The van der Waals surface area contributed by atoms with E-state index < -0.39 is 22.0 Å². The molecule has 180 valence electrons. The van der Waals surface area contributed by atoms with Crippen molar-refractivity contribution in [3.63, 3.8) is 0 Å². The van der Waals surface area contributed by atoms with Crippen LogP contribution in [0.2, 0.25) is 0 Å². The topological polar surface area (TPSA) is 115 Å². The molecule has 9 nitrogen and oxygen atoms in total. The molecular weight excluding hydrogens is 456 g/mol.